The molecule has 0 spiro atoms. The Morgan fingerprint density at radius 1 is 1.17 bits per heavy atom. The van der Waals surface area contributed by atoms with E-state index in [9.17, 15) is 36.3 Å². The van der Waals surface area contributed by atoms with Crippen molar-refractivity contribution in [1.29, 1.82) is 0 Å². The number of nitrogens with zero attached hydrogens (tertiary/aromatic N) is 3. The van der Waals surface area contributed by atoms with E-state index in [4.69, 9.17) is 5.73 Å². The normalized spacial score (nSPS) is 17.9. The number of nitrogens with two attached hydrogens (primary N) is 1. The molecule has 1 fully saturated rings. The second-order valence-electron chi connectivity index (χ2n) is 7.68. The zero-order chi connectivity index (χ0) is 25.8. The fourth-order valence-corrected chi connectivity index (χ4v) is 3.71. The highest BCUT2D eigenvalue weighted by atomic mass is 19.4. The molecule has 188 valence electrons. The number of nitrogens with one attached hydrogen (secondary N) is 1. The topological polar surface area (TPSA) is 128 Å². The van der Waals surface area contributed by atoms with Gasteiger partial charge in [0.25, 0.3) is 0 Å². The highest BCUT2D eigenvalue weighted by molar-refractivity contribution is 6.39. The molecule has 3 N–H and O–H groups in total. The van der Waals surface area contributed by atoms with Crippen LogP contribution in [-0.4, -0.2) is 51.3 Å². The van der Waals surface area contributed by atoms with Crippen molar-refractivity contribution in [2.45, 2.75) is 50.7 Å². The van der Waals surface area contributed by atoms with Crippen molar-refractivity contribution in [2.24, 2.45) is 5.73 Å². The minimum atomic E-state index is -4.63. The summed E-state index contributed by atoms with van der Waals surface area (Å²) in [5.74, 6) is -3.18. The Morgan fingerprint density at radius 2 is 1.91 bits per heavy atom. The Hall–Kier alpha value is -3.68. The van der Waals surface area contributed by atoms with Crippen LogP contribution in [0.5, 0.6) is 0 Å². The van der Waals surface area contributed by atoms with Gasteiger partial charge in [0.1, 0.15) is 0 Å². The van der Waals surface area contributed by atoms with Gasteiger partial charge in [-0.3, -0.25) is 24.4 Å². The fraction of sp³-hybridized carbons (Fsp3) is 0.381. The Kier molecular flexibility index (Phi) is 7.94. The highest BCUT2D eigenvalue weighted by Crippen LogP contribution is 2.31. The zero-order valence-electron chi connectivity index (χ0n) is 18.0. The number of amides is 3. The van der Waals surface area contributed by atoms with Gasteiger partial charge in [0.15, 0.2) is 0 Å². The lowest BCUT2D eigenvalue weighted by Crippen LogP contribution is -2.49. The maximum Gasteiger partial charge on any atom is 0.417 e. The molecule has 35 heavy (non-hydrogen) atoms. The number of aromatic nitrogens is 2. The van der Waals surface area contributed by atoms with Crippen molar-refractivity contribution in [3.8, 4) is 0 Å². The third kappa shape index (κ3) is 6.68. The van der Waals surface area contributed by atoms with Crippen LogP contribution in [0.15, 0.2) is 36.8 Å². The van der Waals surface area contributed by atoms with Gasteiger partial charge >= 0.3 is 24.6 Å². The Labute approximate surface area is 195 Å². The van der Waals surface area contributed by atoms with Crippen LogP contribution in [0.2, 0.25) is 0 Å². The van der Waals surface area contributed by atoms with E-state index in [0.717, 1.165) is 29.4 Å². The average molecular weight is 501 g/mol. The Bertz CT molecular complexity index is 1080. The number of halogens is 5. The molecule has 14 heteroatoms. The van der Waals surface area contributed by atoms with E-state index >= 15 is 0 Å². The SMILES string of the molecule is NC(=O)c1cncc(NC(=O)C(=O)N(Cc2ccc(C(F)(F)F)cn2)[C@@H]2CCC[C@H]2OC(F)F)c1. The molecular formula is C21H20F5N5O4. The number of hydrogen-bond donors (Lipinski definition) is 2. The maximum atomic E-state index is 13.1. The summed E-state index contributed by atoms with van der Waals surface area (Å²) in [6.45, 7) is -3.56. The fourth-order valence-electron chi connectivity index (χ4n) is 3.71. The molecule has 0 aromatic carbocycles. The molecule has 2 aromatic heterocycles. The lowest BCUT2D eigenvalue weighted by molar-refractivity contribution is -0.178. The molecule has 0 radical (unpaired) electrons. The quantitative estimate of drug-likeness (QED) is 0.444. The van der Waals surface area contributed by atoms with Crippen LogP contribution in [0.1, 0.15) is 40.9 Å². The van der Waals surface area contributed by atoms with Crippen LogP contribution in [0.25, 0.3) is 0 Å². The third-order valence-corrected chi connectivity index (χ3v) is 5.32. The van der Waals surface area contributed by atoms with Gasteiger partial charge in [0, 0.05) is 12.4 Å². The number of carbonyl (C=O) groups is 3. The molecule has 2 atom stereocenters. The van der Waals surface area contributed by atoms with Crippen molar-refractivity contribution in [1.82, 2.24) is 14.9 Å². The second kappa shape index (κ2) is 10.7. The average Bonchev–Trinajstić information content (AvgIpc) is 3.24. The minimum Gasteiger partial charge on any atom is -0.366 e. The summed E-state index contributed by atoms with van der Waals surface area (Å²) in [5, 5.41) is 2.25. The van der Waals surface area contributed by atoms with Crippen LogP contribution >= 0.6 is 0 Å². The molecule has 1 aliphatic carbocycles. The van der Waals surface area contributed by atoms with E-state index in [0.29, 0.717) is 12.6 Å². The molecule has 0 bridgehead atoms. The maximum absolute atomic E-state index is 13.1. The molecular weight excluding hydrogens is 481 g/mol. The molecule has 2 aromatic rings. The molecule has 2 heterocycles. The van der Waals surface area contributed by atoms with E-state index in [2.05, 4.69) is 20.0 Å². The van der Waals surface area contributed by atoms with Crippen LogP contribution in [0, 0.1) is 0 Å². The van der Waals surface area contributed by atoms with Gasteiger partial charge in [0.2, 0.25) is 5.91 Å². The molecule has 3 rings (SSSR count). The largest absolute Gasteiger partial charge is 0.417 e. The highest BCUT2D eigenvalue weighted by Gasteiger charge is 2.39. The molecule has 0 unspecified atom stereocenters. The van der Waals surface area contributed by atoms with Gasteiger partial charge in [-0.25, -0.2) is 0 Å². The smallest absolute Gasteiger partial charge is 0.366 e. The molecule has 1 saturated carbocycles. The van der Waals surface area contributed by atoms with Crippen molar-refractivity contribution < 1.29 is 41.1 Å². The molecule has 1 aliphatic rings. The lowest BCUT2D eigenvalue weighted by atomic mass is 10.1. The van der Waals surface area contributed by atoms with Crippen LogP contribution < -0.4 is 11.1 Å². The third-order valence-electron chi connectivity index (χ3n) is 5.32. The monoisotopic (exact) mass is 501 g/mol. The minimum absolute atomic E-state index is 0.000704. The van der Waals surface area contributed by atoms with E-state index < -0.39 is 54.8 Å². The molecule has 3 amide bonds. The van der Waals surface area contributed by atoms with Gasteiger partial charge in [-0.1, -0.05) is 0 Å². The number of hydrogen-bond acceptors (Lipinski definition) is 6. The number of anilines is 1. The predicted octanol–water partition coefficient (Wildman–Crippen LogP) is 2.72. The predicted molar refractivity (Wildman–Crippen MR) is 110 cm³/mol. The number of rotatable bonds is 7. The summed E-state index contributed by atoms with van der Waals surface area (Å²) < 4.78 is 68.9. The van der Waals surface area contributed by atoms with Crippen LogP contribution in [0.3, 0.4) is 0 Å². The van der Waals surface area contributed by atoms with Crippen molar-refractivity contribution in [3.63, 3.8) is 0 Å². The number of ether oxygens (including phenoxy) is 1. The first-order valence-corrected chi connectivity index (χ1v) is 10.3. The van der Waals surface area contributed by atoms with E-state index in [1.807, 2.05) is 0 Å². The van der Waals surface area contributed by atoms with E-state index in [-0.39, 0.29) is 29.8 Å². The Morgan fingerprint density at radius 3 is 2.51 bits per heavy atom. The number of pyridine rings is 2. The van der Waals surface area contributed by atoms with Crippen molar-refractivity contribution >= 4 is 23.4 Å². The van der Waals surface area contributed by atoms with Crippen molar-refractivity contribution in [2.75, 3.05) is 5.32 Å². The second-order valence-corrected chi connectivity index (χ2v) is 7.68. The zero-order valence-corrected chi connectivity index (χ0v) is 18.0. The first-order chi connectivity index (χ1) is 16.5. The number of carbonyl (C=O) groups excluding carboxylic acids is 3. The van der Waals surface area contributed by atoms with Gasteiger partial charge in [-0.05, 0) is 37.5 Å². The summed E-state index contributed by atoms with van der Waals surface area (Å²) in [7, 11) is 0. The van der Waals surface area contributed by atoms with E-state index in [1.165, 1.54) is 6.07 Å². The van der Waals surface area contributed by atoms with E-state index in [1.54, 1.807) is 0 Å². The lowest BCUT2D eigenvalue weighted by Gasteiger charge is -2.32. The first-order valence-electron chi connectivity index (χ1n) is 10.3. The summed E-state index contributed by atoms with van der Waals surface area (Å²) in [5.41, 5.74) is 4.08. The van der Waals surface area contributed by atoms with Crippen molar-refractivity contribution in [3.05, 3.63) is 53.6 Å². The summed E-state index contributed by atoms with van der Waals surface area (Å²) in [6.07, 6.45) is -2.04. The Balaban J connectivity index is 1.85. The van der Waals surface area contributed by atoms with Gasteiger partial charge < -0.3 is 20.7 Å². The number of primary amides is 1. The van der Waals surface area contributed by atoms with Gasteiger partial charge in [0.05, 0.1) is 47.4 Å². The molecule has 0 saturated heterocycles. The van der Waals surface area contributed by atoms with Crippen LogP contribution in [0.4, 0.5) is 27.6 Å². The standard InChI is InChI=1S/C21H20F5N5O4/c22-20(23)35-16-3-1-2-15(16)31(10-13-5-4-12(8-29-13)21(24,25)26)19(34)18(33)30-14-6-11(17(27)32)7-28-9-14/h4-9,15-16,20H,1-3,10H2,(H2,27,32)(H,30,33)/t15-,16-/m1/s1. The summed E-state index contributed by atoms with van der Waals surface area (Å²) >= 11 is 0. The number of alkyl halides is 5. The molecule has 0 aliphatic heterocycles. The molecule has 9 nitrogen and oxygen atoms in total. The van der Waals surface area contributed by atoms with Gasteiger partial charge in [-0.2, -0.15) is 22.0 Å². The summed E-state index contributed by atoms with van der Waals surface area (Å²) in [4.78, 5) is 45.4. The summed E-state index contributed by atoms with van der Waals surface area (Å²) in [6, 6.07) is 2.01. The van der Waals surface area contributed by atoms with Gasteiger partial charge in [-0.15, -0.1) is 0 Å². The first kappa shape index (κ1) is 25.9. The van der Waals surface area contributed by atoms with Crippen LogP contribution in [-0.2, 0) is 27.0 Å².